The van der Waals surface area contributed by atoms with E-state index < -0.39 is 45.7 Å². The minimum absolute atomic E-state index is 0.0196. The number of fused-ring (bicyclic) bond motifs is 1. The maximum absolute atomic E-state index is 14.1. The van der Waals surface area contributed by atoms with Crippen molar-refractivity contribution in [3.63, 3.8) is 0 Å². The van der Waals surface area contributed by atoms with Crippen LogP contribution in [0.4, 0.5) is 19.3 Å². The van der Waals surface area contributed by atoms with Gasteiger partial charge in [0.15, 0.2) is 0 Å². The lowest BCUT2D eigenvalue weighted by molar-refractivity contribution is 0.0977. The maximum atomic E-state index is 14.1. The standard InChI is InChI=1S/C17H8ClF2NO4/c18-13-14(16(23)10-4-2-1-3-9(10)15(13)22)21(17(24)25)12-6-5-8(19)7-11(12)20/h1-7H,(H,24,25). The van der Waals surface area contributed by atoms with Crippen LogP contribution in [-0.4, -0.2) is 22.8 Å². The van der Waals surface area contributed by atoms with Gasteiger partial charge in [-0.1, -0.05) is 35.9 Å². The van der Waals surface area contributed by atoms with E-state index in [0.29, 0.717) is 6.07 Å². The molecule has 0 heterocycles. The number of nitrogens with zero attached hydrogens (tertiary/aromatic N) is 1. The van der Waals surface area contributed by atoms with Gasteiger partial charge in [-0.2, -0.15) is 0 Å². The average molecular weight is 364 g/mol. The number of Topliss-reactive ketones (excluding diaryl/α,β-unsaturated/α-hetero) is 2. The summed E-state index contributed by atoms with van der Waals surface area (Å²) in [5.74, 6) is -3.77. The highest BCUT2D eigenvalue weighted by molar-refractivity contribution is 6.50. The normalized spacial score (nSPS) is 13.7. The lowest BCUT2D eigenvalue weighted by atomic mass is 9.91. The zero-order valence-electron chi connectivity index (χ0n) is 12.3. The van der Waals surface area contributed by atoms with Crippen molar-refractivity contribution < 1.29 is 28.3 Å². The van der Waals surface area contributed by atoms with E-state index in [0.717, 1.165) is 12.1 Å². The van der Waals surface area contributed by atoms with Crippen molar-refractivity contribution in [3.8, 4) is 0 Å². The Labute approximate surface area is 144 Å². The number of rotatable bonds is 2. The number of anilines is 1. The smallest absolute Gasteiger partial charge is 0.416 e. The zero-order chi connectivity index (χ0) is 18.3. The summed E-state index contributed by atoms with van der Waals surface area (Å²) in [5, 5.41) is 8.79. The van der Waals surface area contributed by atoms with Crippen LogP contribution in [0.2, 0.25) is 0 Å². The summed E-state index contributed by atoms with van der Waals surface area (Å²) in [4.78, 5) is 36.9. The molecule has 126 valence electrons. The molecule has 2 aromatic rings. The van der Waals surface area contributed by atoms with Crippen LogP contribution in [-0.2, 0) is 0 Å². The second-order valence-electron chi connectivity index (χ2n) is 5.08. The van der Waals surface area contributed by atoms with Crippen molar-refractivity contribution in [2.45, 2.75) is 0 Å². The average Bonchev–Trinajstić information content (AvgIpc) is 2.57. The predicted octanol–water partition coefficient (Wildman–Crippen LogP) is 3.98. The molecular weight excluding hydrogens is 356 g/mol. The molecule has 0 radical (unpaired) electrons. The van der Waals surface area contributed by atoms with Crippen molar-refractivity contribution in [1.29, 1.82) is 0 Å². The van der Waals surface area contributed by atoms with Gasteiger partial charge in [-0.3, -0.25) is 9.59 Å². The molecule has 0 saturated heterocycles. The molecule has 3 rings (SSSR count). The molecular formula is C17H8ClF2NO4. The van der Waals surface area contributed by atoms with Gasteiger partial charge < -0.3 is 5.11 Å². The molecule has 1 N–H and O–H groups in total. The van der Waals surface area contributed by atoms with E-state index in [4.69, 9.17) is 11.6 Å². The quantitative estimate of drug-likeness (QED) is 0.875. The molecule has 0 aromatic heterocycles. The van der Waals surface area contributed by atoms with Gasteiger partial charge in [0, 0.05) is 17.2 Å². The van der Waals surface area contributed by atoms with E-state index >= 15 is 0 Å². The number of ketones is 2. The van der Waals surface area contributed by atoms with Crippen LogP contribution in [0.3, 0.4) is 0 Å². The highest BCUT2D eigenvalue weighted by Crippen LogP contribution is 2.34. The molecule has 5 nitrogen and oxygen atoms in total. The van der Waals surface area contributed by atoms with Crippen LogP contribution in [0, 0.1) is 11.6 Å². The van der Waals surface area contributed by atoms with Gasteiger partial charge in [-0.25, -0.2) is 18.5 Å². The number of carbonyl (C=O) groups excluding carboxylic acids is 2. The van der Waals surface area contributed by atoms with E-state index in [1.165, 1.54) is 24.3 Å². The lowest BCUT2D eigenvalue weighted by Crippen LogP contribution is -2.37. The highest BCUT2D eigenvalue weighted by Gasteiger charge is 2.38. The fourth-order valence-corrected chi connectivity index (χ4v) is 2.79. The third kappa shape index (κ3) is 2.68. The second kappa shape index (κ2) is 6.10. The molecule has 0 aliphatic heterocycles. The third-order valence-electron chi connectivity index (χ3n) is 3.60. The van der Waals surface area contributed by atoms with Crippen molar-refractivity contribution >= 4 is 34.9 Å². The van der Waals surface area contributed by atoms with E-state index in [2.05, 4.69) is 0 Å². The first kappa shape index (κ1) is 16.8. The summed E-state index contributed by atoms with van der Waals surface area (Å²) >= 11 is 5.94. The molecule has 0 fully saturated rings. The van der Waals surface area contributed by atoms with E-state index in [1.807, 2.05) is 0 Å². The van der Waals surface area contributed by atoms with Crippen molar-refractivity contribution in [1.82, 2.24) is 0 Å². The SMILES string of the molecule is O=C1C(Cl)=C(N(C(=O)O)c2ccc(F)cc2F)C(=O)c2ccccc21. The number of hydrogen-bond donors (Lipinski definition) is 1. The first-order valence-electron chi connectivity index (χ1n) is 6.89. The van der Waals surface area contributed by atoms with Crippen LogP contribution < -0.4 is 4.90 Å². The molecule has 0 spiro atoms. The Morgan fingerprint density at radius 1 is 1.00 bits per heavy atom. The fourth-order valence-electron chi connectivity index (χ4n) is 2.51. The van der Waals surface area contributed by atoms with Crippen LogP contribution in [0.5, 0.6) is 0 Å². The highest BCUT2D eigenvalue weighted by atomic mass is 35.5. The number of carboxylic acid groups (broad SMARTS) is 1. The molecule has 1 aliphatic rings. The molecule has 2 aromatic carbocycles. The van der Waals surface area contributed by atoms with Crippen molar-refractivity contribution in [2.24, 2.45) is 0 Å². The minimum atomic E-state index is -1.75. The van der Waals surface area contributed by atoms with E-state index in [-0.39, 0.29) is 16.0 Å². The summed E-state index contributed by atoms with van der Waals surface area (Å²) < 4.78 is 27.2. The van der Waals surface area contributed by atoms with E-state index in [9.17, 15) is 28.3 Å². The molecule has 0 saturated carbocycles. The molecule has 0 bridgehead atoms. The van der Waals surface area contributed by atoms with Gasteiger partial charge in [0.2, 0.25) is 11.6 Å². The van der Waals surface area contributed by atoms with Crippen LogP contribution >= 0.6 is 11.6 Å². The summed E-state index contributed by atoms with van der Waals surface area (Å²) in [6.07, 6.45) is -1.75. The maximum Gasteiger partial charge on any atom is 0.416 e. The Kier molecular flexibility index (Phi) is 4.10. The number of halogens is 3. The number of allylic oxidation sites excluding steroid dienone is 2. The number of carbonyl (C=O) groups is 3. The Morgan fingerprint density at radius 2 is 1.60 bits per heavy atom. The molecule has 8 heteroatoms. The molecule has 1 amide bonds. The van der Waals surface area contributed by atoms with Crippen LogP contribution in [0.1, 0.15) is 20.7 Å². The van der Waals surface area contributed by atoms with Crippen molar-refractivity contribution in [3.05, 3.63) is 76.0 Å². The van der Waals surface area contributed by atoms with Gasteiger partial charge in [0.25, 0.3) is 0 Å². The third-order valence-corrected chi connectivity index (χ3v) is 3.95. The lowest BCUT2D eigenvalue weighted by Gasteiger charge is -2.26. The van der Waals surface area contributed by atoms with Gasteiger partial charge in [-0.15, -0.1) is 0 Å². The number of benzene rings is 2. The van der Waals surface area contributed by atoms with E-state index in [1.54, 1.807) is 0 Å². The first-order chi connectivity index (χ1) is 11.8. The Bertz CT molecular complexity index is 971. The number of amides is 1. The zero-order valence-corrected chi connectivity index (χ0v) is 13.1. The first-order valence-corrected chi connectivity index (χ1v) is 7.27. The summed E-state index contributed by atoms with van der Waals surface area (Å²) in [7, 11) is 0. The Balaban J connectivity index is 2.24. The molecule has 1 aliphatic carbocycles. The van der Waals surface area contributed by atoms with Gasteiger partial charge in [0.05, 0.1) is 5.69 Å². The topological polar surface area (TPSA) is 74.7 Å². The Hall–Kier alpha value is -3.06. The molecule has 0 unspecified atom stereocenters. The molecule has 25 heavy (non-hydrogen) atoms. The van der Waals surface area contributed by atoms with Gasteiger partial charge in [0.1, 0.15) is 22.4 Å². The predicted molar refractivity (Wildman–Crippen MR) is 84.8 cm³/mol. The largest absolute Gasteiger partial charge is 0.464 e. The fraction of sp³-hybridized carbons (Fsp3) is 0. The second-order valence-corrected chi connectivity index (χ2v) is 5.46. The van der Waals surface area contributed by atoms with Gasteiger partial charge >= 0.3 is 6.09 Å². The van der Waals surface area contributed by atoms with Gasteiger partial charge in [-0.05, 0) is 12.1 Å². The number of hydrogen-bond acceptors (Lipinski definition) is 3. The minimum Gasteiger partial charge on any atom is -0.464 e. The monoisotopic (exact) mass is 363 g/mol. The van der Waals surface area contributed by atoms with Crippen molar-refractivity contribution in [2.75, 3.05) is 4.90 Å². The van der Waals surface area contributed by atoms with Crippen LogP contribution in [0.25, 0.3) is 0 Å². The van der Waals surface area contributed by atoms with Crippen LogP contribution in [0.15, 0.2) is 53.2 Å². The summed E-state index contributed by atoms with van der Waals surface area (Å²) in [5.41, 5.74) is -1.36. The summed E-state index contributed by atoms with van der Waals surface area (Å²) in [6, 6.07) is 7.85. The molecule has 0 atom stereocenters. The Morgan fingerprint density at radius 3 is 2.16 bits per heavy atom. The summed E-state index contributed by atoms with van der Waals surface area (Å²) in [6.45, 7) is 0.